The van der Waals surface area contributed by atoms with Crippen molar-refractivity contribution in [3.8, 4) is 11.4 Å². The van der Waals surface area contributed by atoms with E-state index in [0.29, 0.717) is 5.56 Å². The number of rotatable bonds is 5. The number of nitrogens with one attached hydrogen (secondary N) is 2. The number of hydrogen-bond donors (Lipinski definition) is 2. The fourth-order valence-corrected chi connectivity index (χ4v) is 3.80. The lowest BCUT2D eigenvalue weighted by atomic mass is 10.1. The summed E-state index contributed by atoms with van der Waals surface area (Å²) < 4.78 is 0. The fraction of sp³-hybridized carbons (Fsp3) is 0.250. The first kappa shape index (κ1) is 18.1. The van der Waals surface area contributed by atoms with Gasteiger partial charge in [-0.15, -0.1) is 11.3 Å². The van der Waals surface area contributed by atoms with Crippen molar-refractivity contribution in [2.45, 2.75) is 34.1 Å². The highest BCUT2D eigenvalue weighted by Crippen LogP contribution is 2.29. The average Bonchev–Trinajstić information content (AvgIpc) is 3.13. The maximum atomic E-state index is 12.2. The van der Waals surface area contributed by atoms with Gasteiger partial charge in [0.05, 0.1) is 17.8 Å². The molecule has 0 aliphatic heterocycles. The fourth-order valence-electron chi connectivity index (χ4n) is 3.02. The van der Waals surface area contributed by atoms with Gasteiger partial charge >= 0.3 is 0 Å². The highest BCUT2D eigenvalue weighted by molar-refractivity contribution is 7.10. The molecule has 3 aromatic rings. The van der Waals surface area contributed by atoms with Crippen molar-refractivity contribution in [3.63, 3.8) is 0 Å². The summed E-state index contributed by atoms with van der Waals surface area (Å²) in [5.41, 5.74) is 5.99. The van der Waals surface area contributed by atoms with Crippen molar-refractivity contribution >= 4 is 28.7 Å². The maximum Gasteiger partial charge on any atom is 0.231 e. The molecule has 0 bridgehead atoms. The van der Waals surface area contributed by atoms with Gasteiger partial charge in [0, 0.05) is 22.3 Å². The summed E-state index contributed by atoms with van der Waals surface area (Å²) in [5, 5.41) is 5.53. The van der Waals surface area contributed by atoms with Gasteiger partial charge in [0.25, 0.3) is 0 Å². The molecule has 6 heteroatoms. The number of carbonyl (C=O) groups is 2. The Hall–Kier alpha value is -2.73. The van der Waals surface area contributed by atoms with E-state index in [1.165, 1.54) is 11.3 Å². The molecule has 0 unspecified atom stereocenters. The number of carbonyl (C=O) groups excluding carboxylic acids is 2. The SMILES string of the molecule is CC(=O)c1c(C)[nH]c(-c2csc(CC(=O)Nc3ccc(C)cc3)n2)c1C. The third kappa shape index (κ3) is 3.75. The molecule has 2 N–H and O–H groups in total. The number of Topliss-reactive ketones (excluding diaryl/α,β-unsaturated/α-hetero) is 1. The van der Waals surface area contributed by atoms with Crippen LogP contribution >= 0.6 is 11.3 Å². The number of nitrogens with zero attached hydrogens (tertiary/aromatic N) is 1. The number of hydrogen-bond acceptors (Lipinski definition) is 4. The average molecular weight is 367 g/mol. The Kier molecular flexibility index (Phi) is 5.04. The first-order valence-corrected chi connectivity index (χ1v) is 9.24. The van der Waals surface area contributed by atoms with Crippen LogP contribution in [-0.2, 0) is 11.2 Å². The molecule has 5 nitrogen and oxygen atoms in total. The van der Waals surface area contributed by atoms with E-state index < -0.39 is 0 Å². The van der Waals surface area contributed by atoms with E-state index in [4.69, 9.17) is 0 Å². The molecule has 1 aromatic carbocycles. The summed E-state index contributed by atoms with van der Waals surface area (Å²) in [6, 6.07) is 7.68. The Balaban J connectivity index is 1.74. The van der Waals surface area contributed by atoms with E-state index in [1.807, 2.05) is 50.4 Å². The third-order valence-electron chi connectivity index (χ3n) is 4.24. The molecule has 0 aliphatic carbocycles. The van der Waals surface area contributed by atoms with Gasteiger partial charge in [-0.3, -0.25) is 9.59 Å². The normalized spacial score (nSPS) is 10.8. The second-order valence-electron chi connectivity index (χ2n) is 6.40. The Morgan fingerprint density at radius 2 is 1.85 bits per heavy atom. The predicted molar refractivity (Wildman–Crippen MR) is 105 cm³/mol. The van der Waals surface area contributed by atoms with Gasteiger partial charge in [0.1, 0.15) is 5.01 Å². The number of ketones is 1. The minimum absolute atomic E-state index is 0.0374. The molecular formula is C20H21N3O2S. The summed E-state index contributed by atoms with van der Waals surface area (Å²) >= 11 is 1.44. The van der Waals surface area contributed by atoms with Crippen molar-refractivity contribution in [2.75, 3.05) is 5.32 Å². The van der Waals surface area contributed by atoms with Crippen LogP contribution in [0.4, 0.5) is 5.69 Å². The summed E-state index contributed by atoms with van der Waals surface area (Å²) in [4.78, 5) is 31.8. The van der Waals surface area contributed by atoms with E-state index in [1.54, 1.807) is 6.92 Å². The zero-order valence-corrected chi connectivity index (χ0v) is 16.1. The third-order valence-corrected chi connectivity index (χ3v) is 5.09. The number of amides is 1. The van der Waals surface area contributed by atoms with E-state index in [2.05, 4.69) is 15.3 Å². The van der Waals surface area contributed by atoms with Crippen LogP contribution in [0.25, 0.3) is 11.4 Å². The number of benzene rings is 1. The van der Waals surface area contributed by atoms with E-state index >= 15 is 0 Å². The van der Waals surface area contributed by atoms with Crippen LogP contribution < -0.4 is 5.32 Å². The first-order valence-electron chi connectivity index (χ1n) is 8.36. The van der Waals surface area contributed by atoms with Crippen LogP contribution in [0.2, 0.25) is 0 Å². The highest BCUT2D eigenvalue weighted by atomic mass is 32.1. The molecule has 2 heterocycles. The van der Waals surface area contributed by atoms with Crippen LogP contribution in [0.15, 0.2) is 29.6 Å². The first-order chi connectivity index (χ1) is 12.3. The van der Waals surface area contributed by atoms with E-state index in [9.17, 15) is 9.59 Å². The number of aromatic nitrogens is 2. The van der Waals surface area contributed by atoms with Crippen molar-refractivity contribution in [2.24, 2.45) is 0 Å². The molecule has 0 saturated heterocycles. The van der Waals surface area contributed by atoms with Gasteiger partial charge in [-0.1, -0.05) is 17.7 Å². The van der Waals surface area contributed by atoms with Gasteiger partial charge in [0.2, 0.25) is 5.91 Å². The van der Waals surface area contributed by atoms with Gasteiger partial charge in [-0.25, -0.2) is 4.98 Å². The van der Waals surface area contributed by atoms with Gasteiger partial charge in [0.15, 0.2) is 5.78 Å². The van der Waals surface area contributed by atoms with Crippen molar-refractivity contribution in [1.82, 2.24) is 9.97 Å². The lowest BCUT2D eigenvalue weighted by molar-refractivity contribution is -0.115. The lowest BCUT2D eigenvalue weighted by Gasteiger charge is -2.04. The highest BCUT2D eigenvalue weighted by Gasteiger charge is 2.18. The maximum absolute atomic E-state index is 12.2. The summed E-state index contributed by atoms with van der Waals surface area (Å²) in [6.07, 6.45) is 0.219. The molecular weight excluding hydrogens is 346 g/mol. The molecule has 0 saturated carbocycles. The second kappa shape index (κ2) is 7.25. The van der Waals surface area contributed by atoms with Crippen LogP contribution in [-0.4, -0.2) is 21.7 Å². The zero-order chi connectivity index (χ0) is 18.8. The molecule has 26 heavy (non-hydrogen) atoms. The molecule has 0 fully saturated rings. The quantitative estimate of drug-likeness (QED) is 0.654. The molecule has 1 amide bonds. The molecule has 0 spiro atoms. The zero-order valence-electron chi connectivity index (χ0n) is 15.3. The topological polar surface area (TPSA) is 74.8 Å². The van der Waals surface area contributed by atoms with Crippen LogP contribution in [0.1, 0.15) is 39.1 Å². The van der Waals surface area contributed by atoms with Gasteiger partial charge < -0.3 is 10.3 Å². The molecule has 3 rings (SSSR count). The van der Waals surface area contributed by atoms with E-state index in [-0.39, 0.29) is 18.1 Å². The Morgan fingerprint density at radius 3 is 2.46 bits per heavy atom. The molecule has 134 valence electrons. The number of thiazole rings is 1. The van der Waals surface area contributed by atoms with Crippen molar-refractivity contribution in [3.05, 3.63) is 57.0 Å². The molecule has 0 atom stereocenters. The number of H-pyrrole nitrogens is 1. The number of aromatic amines is 1. The summed E-state index contributed by atoms with van der Waals surface area (Å²) in [5.74, 6) is -0.0611. The Bertz CT molecular complexity index is 968. The van der Waals surface area contributed by atoms with Crippen LogP contribution in [0, 0.1) is 20.8 Å². The summed E-state index contributed by atoms with van der Waals surface area (Å²) in [7, 11) is 0. The predicted octanol–water partition coefficient (Wildman–Crippen LogP) is 4.45. The molecule has 0 radical (unpaired) electrons. The lowest BCUT2D eigenvalue weighted by Crippen LogP contribution is -2.14. The monoisotopic (exact) mass is 367 g/mol. The van der Waals surface area contributed by atoms with E-state index in [0.717, 1.165) is 38.9 Å². The van der Waals surface area contributed by atoms with Crippen molar-refractivity contribution < 1.29 is 9.59 Å². The number of anilines is 1. The minimum atomic E-state index is -0.0985. The minimum Gasteiger partial charge on any atom is -0.356 e. The van der Waals surface area contributed by atoms with Crippen LogP contribution in [0.3, 0.4) is 0 Å². The smallest absolute Gasteiger partial charge is 0.231 e. The van der Waals surface area contributed by atoms with Crippen molar-refractivity contribution in [1.29, 1.82) is 0 Å². The Labute approximate surface area is 156 Å². The summed E-state index contributed by atoms with van der Waals surface area (Å²) in [6.45, 7) is 7.37. The molecule has 0 aliphatic rings. The van der Waals surface area contributed by atoms with Gasteiger partial charge in [-0.2, -0.15) is 0 Å². The Morgan fingerprint density at radius 1 is 1.15 bits per heavy atom. The van der Waals surface area contributed by atoms with Crippen LogP contribution in [0.5, 0.6) is 0 Å². The standard InChI is InChI=1S/C20H21N3O2S/c1-11-5-7-15(8-6-11)22-17(25)9-18-23-16(10-26-18)20-12(2)19(14(4)24)13(3)21-20/h5-8,10,21H,9H2,1-4H3,(H,22,25). The molecule has 2 aromatic heterocycles. The van der Waals surface area contributed by atoms with Gasteiger partial charge in [-0.05, 0) is 45.4 Å². The number of aryl methyl sites for hydroxylation is 2. The largest absolute Gasteiger partial charge is 0.356 e. The second-order valence-corrected chi connectivity index (χ2v) is 7.34.